The predicted octanol–water partition coefficient (Wildman–Crippen LogP) is 3.72. The number of hydrogen-bond donors (Lipinski definition) is 1. The van der Waals surface area contributed by atoms with Crippen LogP contribution in [0.2, 0.25) is 0 Å². The number of fused-ring (bicyclic) bond motifs is 2. The fourth-order valence-electron chi connectivity index (χ4n) is 6.00. The lowest BCUT2D eigenvalue weighted by atomic mass is 9.88. The highest BCUT2D eigenvalue weighted by molar-refractivity contribution is 5.77. The van der Waals surface area contributed by atoms with Crippen molar-refractivity contribution >= 4 is 17.1 Å². The molecule has 6 rings (SSSR count). The topological polar surface area (TPSA) is 90.9 Å². The van der Waals surface area contributed by atoms with E-state index in [9.17, 15) is 14.4 Å². The summed E-state index contributed by atoms with van der Waals surface area (Å²) in [7, 11) is 0. The Labute approximate surface area is 214 Å². The molecule has 0 saturated heterocycles. The average molecular weight is 498 g/mol. The molecule has 2 aliphatic rings. The minimum atomic E-state index is -0.516. The van der Waals surface area contributed by atoms with Crippen LogP contribution in [0.15, 0.2) is 70.5 Å². The number of aryl methyl sites for hydroxylation is 1. The fourth-order valence-corrected chi connectivity index (χ4v) is 6.00. The van der Waals surface area contributed by atoms with Gasteiger partial charge in [-0.05, 0) is 48.8 Å². The van der Waals surface area contributed by atoms with Crippen LogP contribution in [0, 0.1) is 0 Å². The molecule has 4 aromatic rings. The molecule has 1 fully saturated rings. The van der Waals surface area contributed by atoms with E-state index in [0.29, 0.717) is 11.2 Å². The molecule has 2 aliphatic carbocycles. The molecule has 0 spiro atoms. The Morgan fingerprint density at radius 3 is 2.49 bits per heavy atom. The number of carbonyl (C=O) groups is 1. The highest BCUT2D eigenvalue weighted by atomic mass is 16.2. The van der Waals surface area contributed by atoms with Crippen LogP contribution in [-0.4, -0.2) is 24.6 Å². The highest BCUT2D eigenvalue weighted by Gasteiger charge is 2.26. The number of nitrogens with one attached hydrogen (secondary N) is 1. The van der Waals surface area contributed by atoms with Crippen LogP contribution in [0.3, 0.4) is 0 Å². The minimum Gasteiger partial charge on any atom is -0.348 e. The molecule has 1 atom stereocenters. The van der Waals surface area contributed by atoms with E-state index in [1.807, 2.05) is 53.1 Å². The number of amides is 1. The van der Waals surface area contributed by atoms with Crippen LogP contribution in [0.1, 0.15) is 67.3 Å². The second kappa shape index (κ2) is 9.84. The van der Waals surface area contributed by atoms with Gasteiger partial charge in [-0.25, -0.2) is 14.3 Å². The van der Waals surface area contributed by atoms with Gasteiger partial charge in [0.2, 0.25) is 5.91 Å². The molecule has 0 bridgehead atoms. The Balaban J connectivity index is 1.39. The van der Waals surface area contributed by atoms with Crippen LogP contribution in [0.5, 0.6) is 0 Å². The third-order valence-electron chi connectivity index (χ3n) is 7.85. The Hall–Kier alpha value is -3.94. The van der Waals surface area contributed by atoms with Gasteiger partial charge in [0.15, 0.2) is 11.2 Å². The summed E-state index contributed by atoms with van der Waals surface area (Å²) in [6, 6.07) is 17.8. The van der Waals surface area contributed by atoms with Gasteiger partial charge < -0.3 is 9.88 Å². The van der Waals surface area contributed by atoms with Crippen LogP contribution < -0.4 is 16.6 Å². The van der Waals surface area contributed by atoms with Crippen molar-refractivity contribution in [3.05, 3.63) is 98.5 Å². The van der Waals surface area contributed by atoms with Crippen molar-refractivity contribution < 1.29 is 4.79 Å². The molecule has 37 heavy (non-hydrogen) atoms. The molecule has 1 unspecified atom stereocenters. The first-order chi connectivity index (χ1) is 18.1. The van der Waals surface area contributed by atoms with Crippen LogP contribution >= 0.6 is 0 Å². The third-order valence-corrected chi connectivity index (χ3v) is 7.85. The molecular weight excluding hydrogens is 466 g/mol. The normalized spacial score (nSPS) is 17.7. The molecule has 1 saturated carbocycles. The summed E-state index contributed by atoms with van der Waals surface area (Å²) in [5.41, 5.74) is 3.09. The van der Waals surface area contributed by atoms with Crippen molar-refractivity contribution in [3.63, 3.8) is 0 Å². The Bertz CT molecular complexity index is 1560. The summed E-state index contributed by atoms with van der Waals surface area (Å²) >= 11 is 0. The highest BCUT2D eigenvalue weighted by Crippen LogP contribution is 2.31. The van der Waals surface area contributed by atoms with E-state index in [4.69, 9.17) is 0 Å². The predicted molar refractivity (Wildman–Crippen MR) is 142 cm³/mol. The standard InChI is InChI=1S/C29H31N5O3/c35-25(31-24-16-8-12-21-11-4-7-15-23(21)24)18-33-28(36)26-27(30-19-34(26)22-13-5-6-14-22)32(29(33)37)17-20-9-2-1-3-10-20/h1-4,7,9-11,15,19,22,24H,5-6,8,12-14,16-18H2,(H,31,35). The van der Waals surface area contributed by atoms with E-state index in [-0.39, 0.29) is 31.1 Å². The molecule has 2 aromatic carbocycles. The lowest BCUT2D eigenvalue weighted by Gasteiger charge is -2.26. The molecule has 2 heterocycles. The van der Waals surface area contributed by atoms with Crippen molar-refractivity contribution in [2.45, 2.75) is 70.1 Å². The van der Waals surface area contributed by atoms with Gasteiger partial charge in [0.05, 0.1) is 18.9 Å². The van der Waals surface area contributed by atoms with Crippen molar-refractivity contribution in [1.82, 2.24) is 24.0 Å². The number of aromatic nitrogens is 4. The molecular formula is C29H31N5O3. The van der Waals surface area contributed by atoms with E-state index >= 15 is 0 Å². The van der Waals surface area contributed by atoms with Crippen molar-refractivity contribution in [1.29, 1.82) is 0 Å². The van der Waals surface area contributed by atoms with Crippen molar-refractivity contribution in [2.75, 3.05) is 0 Å². The van der Waals surface area contributed by atoms with E-state index in [2.05, 4.69) is 16.4 Å². The maximum absolute atomic E-state index is 13.7. The van der Waals surface area contributed by atoms with E-state index in [1.54, 1.807) is 6.33 Å². The van der Waals surface area contributed by atoms with Gasteiger partial charge in [-0.2, -0.15) is 0 Å². The van der Waals surface area contributed by atoms with Crippen LogP contribution in [0.25, 0.3) is 11.2 Å². The number of benzene rings is 2. The van der Waals surface area contributed by atoms with Crippen LogP contribution in [0.4, 0.5) is 0 Å². The summed E-state index contributed by atoms with van der Waals surface area (Å²) < 4.78 is 4.54. The zero-order valence-corrected chi connectivity index (χ0v) is 20.8. The second-order valence-electron chi connectivity index (χ2n) is 10.2. The van der Waals surface area contributed by atoms with Gasteiger partial charge in [0, 0.05) is 6.04 Å². The quantitative estimate of drug-likeness (QED) is 0.440. The summed E-state index contributed by atoms with van der Waals surface area (Å²) in [4.78, 5) is 45.2. The van der Waals surface area contributed by atoms with E-state index in [1.165, 1.54) is 10.1 Å². The summed E-state index contributed by atoms with van der Waals surface area (Å²) in [6.07, 6.45) is 8.66. The Morgan fingerprint density at radius 2 is 1.68 bits per heavy atom. The number of rotatable bonds is 6. The lowest BCUT2D eigenvalue weighted by Crippen LogP contribution is -2.45. The summed E-state index contributed by atoms with van der Waals surface area (Å²) in [6.45, 7) is -0.0489. The van der Waals surface area contributed by atoms with Crippen molar-refractivity contribution in [2.24, 2.45) is 0 Å². The average Bonchev–Trinajstić information content (AvgIpc) is 3.60. The minimum absolute atomic E-state index is 0.118. The first-order valence-electron chi connectivity index (χ1n) is 13.2. The first-order valence-corrected chi connectivity index (χ1v) is 13.2. The zero-order chi connectivity index (χ0) is 25.4. The maximum atomic E-state index is 13.7. The zero-order valence-electron chi connectivity index (χ0n) is 20.8. The lowest BCUT2D eigenvalue weighted by molar-refractivity contribution is -0.122. The molecule has 0 radical (unpaired) electrons. The van der Waals surface area contributed by atoms with Gasteiger partial charge in [-0.1, -0.05) is 67.4 Å². The monoisotopic (exact) mass is 497 g/mol. The maximum Gasteiger partial charge on any atom is 0.333 e. The molecule has 2 aromatic heterocycles. The number of imidazole rings is 1. The van der Waals surface area contributed by atoms with Gasteiger partial charge in [-0.15, -0.1) is 0 Å². The van der Waals surface area contributed by atoms with Gasteiger partial charge in [0.1, 0.15) is 6.54 Å². The smallest absolute Gasteiger partial charge is 0.333 e. The third kappa shape index (κ3) is 4.41. The van der Waals surface area contributed by atoms with Gasteiger partial charge >= 0.3 is 5.69 Å². The molecule has 8 nitrogen and oxygen atoms in total. The number of hydrogen-bond acceptors (Lipinski definition) is 4. The first kappa shape index (κ1) is 23.5. The fraction of sp³-hybridized carbons (Fsp3) is 0.379. The number of nitrogens with zero attached hydrogens (tertiary/aromatic N) is 4. The summed E-state index contributed by atoms with van der Waals surface area (Å²) in [5, 5.41) is 3.09. The molecule has 0 aliphatic heterocycles. The van der Waals surface area contributed by atoms with Crippen LogP contribution in [-0.2, 0) is 24.3 Å². The Morgan fingerprint density at radius 1 is 0.919 bits per heavy atom. The summed E-state index contributed by atoms with van der Waals surface area (Å²) in [5.74, 6) is -0.335. The molecule has 1 amide bonds. The number of carbonyl (C=O) groups excluding carboxylic acids is 1. The SMILES string of the molecule is O=C(Cn1c(=O)c2c(ncn2C2CCCC2)n(Cc2ccccc2)c1=O)NC1CCCc2ccccc21. The largest absolute Gasteiger partial charge is 0.348 e. The van der Waals surface area contributed by atoms with E-state index < -0.39 is 11.2 Å². The Kier molecular flexibility index (Phi) is 6.24. The van der Waals surface area contributed by atoms with E-state index in [0.717, 1.165) is 60.6 Å². The van der Waals surface area contributed by atoms with Gasteiger partial charge in [0.25, 0.3) is 5.56 Å². The van der Waals surface area contributed by atoms with Crippen molar-refractivity contribution in [3.8, 4) is 0 Å². The molecule has 190 valence electrons. The second-order valence-corrected chi connectivity index (χ2v) is 10.2. The molecule has 8 heteroatoms. The van der Waals surface area contributed by atoms with Gasteiger partial charge in [-0.3, -0.25) is 14.2 Å². The molecule has 1 N–H and O–H groups in total.